The van der Waals surface area contributed by atoms with E-state index in [1.165, 1.54) is 18.2 Å². The average molecular weight is 466 g/mol. The van der Waals surface area contributed by atoms with Crippen molar-refractivity contribution < 1.29 is 14.4 Å². The molecule has 2 atom stereocenters. The van der Waals surface area contributed by atoms with Crippen LogP contribution in [0.5, 0.6) is 0 Å². The van der Waals surface area contributed by atoms with Gasteiger partial charge in [-0.25, -0.2) is 0 Å². The zero-order valence-electron chi connectivity index (χ0n) is 18.5. The van der Waals surface area contributed by atoms with Crippen LogP contribution >= 0.6 is 11.8 Å². The number of aliphatic imine (C=N–C) groups is 1. The van der Waals surface area contributed by atoms with Crippen LogP contribution < -0.4 is 10.6 Å². The van der Waals surface area contributed by atoms with Gasteiger partial charge >= 0.3 is 0 Å². The maximum atomic E-state index is 12.7. The lowest BCUT2D eigenvalue weighted by atomic mass is 10.1. The Morgan fingerprint density at radius 1 is 1.15 bits per heavy atom. The van der Waals surface area contributed by atoms with Gasteiger partial charge in [0.05, 0.1) is 6.04 Å². The van der Waals surface area contributed by atoms with Crippen molar-refractivity contribution >= 4 is 40.3 Å². The Balaban J connectivity index is 1.31. The number of aromatic nitrogens is 1. The molecular weight excluding hydrogens is 438 g/mol. The van der Waals surface area contributed by atoms with Crippen LogP contribution in [0.4, 0.5) is 5.69 Å². The molecule has 2 aromatic rings. The summed E-state index contributed by atoms with van der Waals surface area (Å²) in [5.74, 6) is -0.774. The maximum absolute atomic E-state index is 12.7. The van der Waals surface area contributed by atoms with Crippen molar-refractivity contribution in [1.29, 1.82) is 0 Å². The number of pyridine rings is 1. The number of nitrogens with zero attached hydrogens (tertiary/aromatic N) is 3. The first-order chi connectivity index (χ1) is 16.0. The number of piperidine rings is 1. The highest BCUT2D eigenvalue weighted by Crippen LogP contribution is 2.29. The minimum absolute atomic E-state index is 0.0415. The molecule has 1 fully saturated rings. The summed E-state index contributed by atoms with van der Waals surface area (Å²) >= 11 is 1.37. The van der Waals surface area contributed by atoms with Crippen LogP contribution in [-0.2, 0) is 9.59 Å². The van der Waals surface area contributed by atoms with Crippen molar-refractivity contribution in [3.8, 4) is 0 Å². The summed E-state index contributed by atoms with van der Waals surface area (Å²) in [6.07, 6.45) is 6.81. The summed E-state index contributed by atoms with van der Waals surface area (Å²) in [6, 6.07) is 10.3. The smallest absolute Gasteiger partial charge is 0.262 e. The molecular formula is C24H27N5O3S. The van der Waals surface area contributed by atoms with E-state index in [1.54, 1.807) is 36.7 Å². The van der Waals surface area contributed by atoms with Crippen LogP contribution in [0, 0.1) is 0 Å². The molecule has 0 radical (unpaired) electrons. The Bertz CT molecular complexity index is 1050. The number of benzene rings is 1. The Morgan fingerprint density at radius 3 is 2.67 bits per heavy atom. The average Bonchev–Trinajstić information content (AvgIpc) is 3.20. The summed E-state index contributed by atoms with van der Waals surface area (Å²) < 4.78 is 0. The second-order valence-corrected chi connectivity index (χ2v) is 9.37. The highest BCUT2D eigenvalue weighted by molar-refractivity contribution is 8.15. The molecule has 33 heavy (non-hydrogen) atoms. The first-order valence-corrected chi connectivity index (χ1v) is 12.0. The van der Waals surface area contributed by atoms with Crippen molar-refractivity contribution in [2.75, 3.05) is 18.4 Å². The quantitative estimate of drug-likeness (QED) is 0.678. The van der Waals surface area contributed by atoms with Crippen molar-refractivity contribution in [3.63, 3.8) is 0 Å². The van der Waals surface area contributed by atoms with Crippen LogP contribution in [0.1, 0.15) is 54.6 Å². The lowest BCUT2D eigenvalue weighted by Gasteiger charge is -2.27. The van der Waals surface area contributed by atoms with Gasteiger partial charge in [0.1, 0.15) is 5.25 Å². The zero-order valence-corrected chi connectivity index (χ0v) is 19.3. The first kappa shape index (κ1) is 23.0. The fraction of sp³-hybridized carbons (Fsp3) is 0.375. The van der Waals surface area contributed by atoms with Gasteiger partial charge in [0, 0.05) is 43.2 Å². The molecule has 172 valence electrons. The van der Waals surface area contributed by atoms with Crippen molar-refractivity contribution in [3.05, 3.63) is 59.9 Å². The van der Waals surface area contributed by atoms with E-state index in [2.05, 4.69) is 25.5 Å². The zero-order chi connectivity index (χ0) is 23.2. The molecule has 1 aromatic heterocycles. The van der Waals surface area contributed by atoms with Crippen LogP contribution in [-0.4, -0.2) is 51.1 Å². The number of likely N-dealkylation sites (tertiary alicyclic amines) is 1. The van der Waals surface area contributed by atoms with E-state index in [-0.39, 0.29) is 30.2 Å². The number of amidine groups is 1. The van der Waals surface area contributed by atoms with Gasteiger partial charge in [-0.05, 0) is 62.1 Å². The monoisotopic (exact) mass is 465 g/mol. The van der Waals surface area contributed by atoms with Crippen LogP contribution in [0.25, 0.3) is 0 Å². The molecule has 9 heteroatoms. The van der Waals surface area contributed by atoms with E-state index in [0.717, 1.165) is 36.7 Å². The molecule has 2 aliphatic rings. The third kappa shape index (κ3) is 5.98. The Hall–Kier alpha value is -3.20. The maximum Gasteiger partial charge on any atom is 0.262 e. The Kier molecular flexibility index (Phi) is 7.39. The highest BCUT2D eigenvalue weighted by atomic mass is 32.2. The predicted molar refractivity (Wildman–Crippen MR) is 129 cm³/mol. The number of hydrogen-bond donors (Lipinski definition) is 2. The molecule has 3 amide bonds. The lowest BCUT2D eigenvalue weighted by molar-refractivity contribution is -0.121. The van der Waals surface area contributed by atoms with Crippen molar-refractivity contribution in [1.82, 2.24) is 15.2 Å². The van der Waals surface area contributed by atoms with E-state index in [4.69, 9.17) is 0 Å². The van der Waals surface area contributed by atoms with Gasteiger partial charge in [-0.15, -0.1) is 0 Å². The van der Waals surface area contributed by atoms with Crippen molar-refractivity contribution in [2.24, 2.45) is 4.99 Å². The minimum Gasteiger partial charge on any atom is -0.351 e. The molecule has 4 rings (SSSR count). The molecule has 1 saturated heterocycles. The molecule has 3 heterocycles. The van der Waals surface area contributed by atoms with E-state index < -0.39 is 5.25 Å². The standard InChI is InChI=1S/C24H27N5O3S/c1-16(17-8-10-25-11-9-17)26-22(31)18-6-5-7-19(14-18)27-21(30)15-20-23(32)28-24(33-20)29-12-3-2-4-13-29/h5-11,14,16,20H,2-4,12-13,15H2,1H3,(H,26,31)(H,27,30). The Labute approximate surface area is 197 Å². The summed E-state index contributed by atoms with van der Waals surface area (Å²) in [7, 11) is 0. The van der Waals surface area contributed by atoms with E-state index in [0.29, 0.717) is 11.3 Å². The normalized spacial score (nSPS) is 19.1. The number of thioether (sulfide) groups is 1. The summed E-state index contributed by atoms with van der Waals surface area (Å²) in [6.45, 7) is 3.72. The fourth-order valence-corrected chi connectivity index (χ4v) is 4.98. The van der Waals surface area contributed by atoms with Gasteiger partial charge in [0.25, 0.3) is 11.8 Å². The molecule has 0 aliphatic carbocycles. The Morgan fingerprint density at radius 2 is 1.91 bits per heavy atom. The number of carbonyl (C=O) groups is 3. The number of anilines is 1. The van der Waals surface area contributed by atoms with Gasteiger partial charge in [-0.1, -0.05) is 17.8 Å². The molecule has 0 spiro atoms. The molecule has 2 unspecified atom stereocenters. The van der Waals surface area contributed by atoms with Gasteiger partial charge in [-0.3, -0.25) is 19.4 Å². The lowest BCUT2D eigenvalue weighted by Crippen LogP contribution is -2.33. The van der Waals surface area contributed by atoms with Crippen LogP contribution in [0.3, 0.4) is 0 Å². The summed E-state index contributed by atoms with van der Waals surface area (Å²) in [4.78, 5) is 47.9. The minimum atomic E-state index is -0.505. The molecule has 8 nitrogen and oxygen atoms in total. The number of amides is 3. The first-order valence-electron chi connectivity index (χ1n) is 11.1. The topological polar surface area (TPSA) is 104 Å². The molecule has 0 saturated carbocycles. The second-order valence-electron chi connectivity index (χ2n) is 8.20. The van der Waals surface area contributed by atoms with E-state index in [1.807, 2.05) is 19.1 Å². The van der Waals surface area contributed by atoms with E-state index in [9.17, 15) is 14.4 Å². The fourth-order valence-electron chi connectivity index (χ4n) is 3.86. The van der Waals surface area contributed by atoms with Gasteiger partial charge in [0.15, 0.2) is 5.17 Å². The van der Waals surface area contributed by atoms with Gasteiger partial charge in [0.2, 0.25) is 5.91 Å². The summed E-state index contributed by atoms with van der Waals surface area (Å²) in [5.41, 5.74) is 1.90. The molecule has 1 aromatic carbocycles. The summed E-state index contributed by atoms with van der Waals surface area (Å²) in [5, 5.41) is 5.98. The highest BCUT2D eigenvalue weighted by Gasteiger charge is 2.33. The van der Waals surface area contributed by atoms with Crippen LogP contribution in [0.15, 0.2) is 53.8 Å². The van der Waals surface area contributed by atoms with E-state index >= 15 is 0 Å². The SMILES string of the molecule is CC(NC(=O)c1cccc(NC(=O)CC2SC(N3CCCCC3)=NC2=O)c1)c1ccncc1. The third-order valence-electron chi connectivity index (χ3n) is 5.69. The predicted octanol–water partition coefficient (Wildman–Crippen LogP) is 3.39. The van der Waals surface area contributed by atoms with Gasteiger partial charge < -0.3 is 15.5 Å². The molecule has 2 N–H and O–H groups in total. The number of rotatable bonds is 6. The van der Waals surface area contributed by atoms with Crippen LogP contribution in [0.2, 0.25) is 0 Å². The number of hydrogen-bond acceptors (Lipinski definition) is 6. The van der Waals surface area contributed by atoms with Gasteiger partial charge in [-0.2, -0.15) is 4.99 Å². The number of nitrogens with one attached hydrogen (secondary N) is 2. The molecule has 2 aliphatic heterocycles. The largest absolute Gasteiger partial charge is 0.351 e. The molecule has 0 bridgehead atoms. The number of carbonyl (C=O) groups excluding carboxylic acids is 3. The third-order valence-corrected chi connectivity index (χ3v) is 6.90. The second kappa shape index (κ2) is 10.6. The van der Waals surface area contributed by atoms with Crippen molar-refractivity contribution in [2.45, 2.75) is 43.9 Å².